The van der Waals surface area contributed by atoms with Crippen LogP contribution in [0.3, 0.4) is 0 Å². The molecule has 0 aliphatic carbocycles. The second-order valence-corrected chi connectivity index (χ2v) is 6.49. The lowest BCUT2D eigenvalue weighted by Gasteiger charge is -2.14. The number of hydrogen-bond acceptors (Lipinski definition) is 4. The van der Waals surface area contributed by atoms with E-state index in [4.69, 9.17) is 5.11 Å². The molecule has 100 valence electrons. The maximum absolute atomic E-state index is 11.8. The molecular weight excluding hydrogens is 316 g/mol. The summed E-state index contributed by atoms with van der Waals surface area (Å²) in [5.41, 5.74) is 0. The van der Waals surface area contributed by atoms with Gasteiger partial charge in [0.1, 0.15) is 0 Å². The Kier molecular flexibility index (Phi) is 5.17. The van der Waals surface area contributed by atoms with Gasteiger partial charge in [-0.05, 0) is 40.9 Å². The molecule has 1 atom stereocenters. The van der Waals surface area contributed by atoms with Crippen molar-refractivity contribution in [2.24, 2.45) is 5.92 Å². The van der Waals surface area contributed by atoms with Crippen molar-refractivity contribution in [1.82, 2.24) is 10.2 Å². The van der Waals surface area contributed by atoms with Crippen LogP contribution in [-0.4, -0.2) is 42.2 Å². The van der Waals surface area contributed by atoms with E-state index in [2.05, 4.69) is 26.1 Å². The van der Waals surface area contributed by atoms with Crippen LogP contribution in [0, 0.1) is 5.92 Å². The zero-order chi connectivity index (χ0) is 13.0. The lowest BCUT2D eigenvalue weighted by Crippen LogP contribution is -2.35. The molecule has 1 amide bonds. The monoisotopic (exact) mass is 332 g/mol. The van der Waals surface area contributed by atoms with Crippen molar-refractivity contribution >= 4 is 33.2 Å². The Morgan fingerprint density at radius 3 is 3.11 bits per heavy atom. The van der Waals surface area contributed by atoms with Gasteiger partial charge in [0.15, 0.2) is 0 Å². The van der Waals surface area contributed by atoms with Crippen molar-refractivity contribution < 1.29 is 9.90 Å². The molecule has 1 aromatic heterocycles. The van der Waals surface area contributed by atoms with E-state index in [-0.39, 0.29) is 12.5 Å². The van der Waals surface area contributed by atoms with Crippen LogP contribution < -0.4 is 5.32 Å². The maximum Gasteiger partial charge on any atom is 0.234 e. The number of hydrogen-bond donors (Lipinski definition) is 2. The van der Waals surface area contributed by atoms with Gasteiger partial charge in [0.2, 0.25) is 5.91 Å². The first-order valence-corrected chi connectivity index (χ1v) is 7.67. The van der Waals surface area contributed by atoms with E-state index in [9.17, 15) is 4.79 Å². The van der Waals surface area contributed by atoms with Crippen LogP contribution in [0.1, 0.15) is 11.3 Å². The minimum Gasteiger partial charge on any atom is -0.396 e. The van der Waals surface area contributed by atoms with Crippen molar-refractivity contribution in [3.63, 3.8) is 0 Å². The number of nitrogens with zero attached hydrogens (tertiary/aromatic N) is 1. The van der Waals surface area contributed by atoms with E-state index in [1.165, 1.54) is 0 Å². The second-order valence-electron chi connectivity index (χ2n) is 4.58. The van der Waals surface area contributed by atoms with Gasteiger partial charge in [-0.2, -0.15) is 0 Å². The summed E-state index contributed by atoms with van der Waals surface area (Å²) in [6.45, 7) is 2.98. The number of aliphatic hydroxyl groups is 1. The first-order chi connectivity index (χ1) is 8.67. The van der Waals surface area contributed by atoms with Crippen LogP contribution >= 0.6 is 27.3 Å². The highest BCUT2D eigenvalue weighted by atomic mass is 79.9. The average Bonchev–Trinajstić information content (AvgIpc) is 2.95. The van der Waals surface area contributed by atoms with Crippen LogP contribution in [-0.2, 0) is 11.3 Å². The first kappa shape index (κ1) is 14.0. The molecule has 1 fully saturated rings. The maximum atomic E-state index is 11.8. The number of carbonyl (C=O) groups is 1. The second kappa shape index (κ2) is 6.65. The van der Waals surface area contributed by atoms with Gasteiger partial charge in [-0.3, -0.25) is 9.69 Å². The average molecular weight is 333 g/mol. The predicted molar refractivity (Wildman–Crippen MR) is 75.5 cm³/mol. The summed E-state index contributed by atoms with van der Waals surface area (Å²) in [7, 11) is 0. The van der Waals surface area contributed by atoms with Crippen LogP contribution in [0.5, 0.6) is 0 Å². The van der Waals surface area contributed by atoms with Crippen LogP contribution in [0.4, 0.5) is 0 Å². The topological polar surface area (TPSA) is 52.6 Å². The summed E-state index contributed by atoms with van der Waals surface area (Å²) in [5.74, 6) is 0.393. The molecule has 0 radical (unpaired) electrons. The van der Waals surface area contributed by atoms with E-state index in [0.717, 1.165) is 28.9 Å². The molecule has 1 aliphatic heterocycles. The molecule has 4 nitrogen and oxygen atoms in total. The van der Waals surface area contributed by atoms with Gasteiger partial charge in [0.25, 0.3) is 0 Å². The summed E-state index contributed by atoms with van der Waals surface area (Å²) in [6, 6.07) is 2.02. The van der Waals surface area contributed by atoms with Gasteiger partial charge in [-0.15, -0.1) is 11.3 Å². The molecule has 0 spiro atoms. The van der Waals surface area contributed by atoms with Crippen molar-refractivity contribution in [2.45, 2.75) is 13.0 Å². The number of nitrogens with one attached hydrogen (secondary N) is 1. The number of likely N-dealkylation sites (tertiary alicyclic amines) is 1. The molecule has 2 rings (SSSR count). The van der Waals surface area contributed by atoms with Gasteiger partial charge in [-0.25, -0.2) is 0 Å². The first-order valence-electron chi connectivity index (χ1n) is 6.00. The highest BCUT2D eigenvalue weighted by Crippen LogP contribution is 2.19. The fourth-order valence-electron chi connectivity index (χ4n) is 2.10. The third kappa shape index (κ3) is 4.05. The molecule has 1 aliphatic rings. The molecule has 2 heterocycles. The Balaban J connectivity index is 1.69. The van der Waals surface area contributed by atoms with E-state index >= 15 is 0 Å². The van der Waals surface area contributed by atoms with Gasteiger partial charge in [0.05, 0.1) is 13.1 Å². The van der Waals surface area contributed by atoms with Gasteiger partial charge < -0.3 is 10.4 Å². The fourth-order valence-corrected chi connectivity index (χ4v) is 3.49. The molecular formula is C12H17BrN2O2S. The Hall–Kier alpha value is -0.430. The Labute approximate surface area is 119 Å². The van der Waals surface area contributed by atoms with Crippen molar-refractivity contribution in [1.29, 1.82) is 0 Å². The Bertz CT molecular complexity index is 411. The van der Waals surface area contributed by atoms with Gasteiger partial charge in [-0.1, -0.05) is 0 Å². The number of amides is 1. The van der Waals surface area contributed by atoms with E-state index < -0.39 is 0 Å². The lowest BCUT2D eigenvalue weighted by molar-refractivity contribution is -0.122. The smallest absolute Gasteiger partial charge is 0.234 e. The Morgan fingerprint density at radius 1 is 1.67 bits per heavy atom. The molecule has 1 unspecified atom stereocenters. The largest absolute Gasteiger partial charge is 0.396 e. The summed E-state index contributed by atoms with van der Waals surface area (Å²) >= 11 is 5.02. The summed E-state index contributed by atoms with van der Waals surface area (Å²) in [6.07, 6.45) is 0.988. The van der Waals surface area contributed by atoms with Crippen LogP contribution in [0.2, 0.25) is 0 Å². The van der Waals surface area contributed by atoms with E-state index in [0.29, 0.717) is 19.0 Å². The number of carbonyl (C=O) groups excluding carboxylic acids is 1. The zero-order valence-corrected chi connectivity index (χ0v) is 12.5. The van der Waals surface area contributed by atoms with Gasteiger partial charge >= 0.3 is 0 Å². The van der Waals surface area contributed by atoms with Crippen molar-refractivity contribution in [3.05, 3.63) is 20.8 Å². The fraction of sp³-hybridized carbons (Fsp3) is 0.583. The highest BCUT2D eigenvalue weighted by molar-refractivity contribution is 9.10. The summed E-state index contributed by atoms with van der Waals surface area (Å²) in [4.78, 5) is 15.0. The summed E-state index contributed by atoms with van der Waals surface area (Å²) < 4.78 is 1.06. The third-order valence-corrected chi connectivity index (χ3v) is 4.77. The van der Waals surface area contributed by atoms with Crippen LogP contribution in [0.25, 0.3) is 0 Å². The molecule has 1 saturated heterocycles. The van der Waals surface area contributed by atoms with E-state index in [1.807, 2.05) is 11.4 Å². The molecule has 0 saturated carbocycles. The minimum atomic E-state index is 0.0538. The van der Waals surface area contributed by atoms with E-state index in [1.54, 1.807) is 11.3 Å². The number of rotatable bonds is 5. The molecule has 18 heavy (non-hydrogen) atoms. The van der Waals surface area contributed by atoms with Crippen molar-refractivity contribution in [3.8, 4) is 0 Å². The summed E-state index contributed by atoms with van der Waals surface area (Å²) in [5, 5.41) is 14.0. The normalized spacial score (nSPS) is 20.2. The number of halogens is 1. The molecule has 2 N–H and O–H groups in total. The van der Waals surface area contributed by atoms with Gasteiger partial charge in [0, 0.05) is 27.9 Å². The minimum absolute atomic E-state index is 0.0538. The number of thiophene rings is 1. The SMILES string of the molecule is O=C(CN1CCC(CO)C1)NCc1cc(Br)cs1. The zero-order valence-electron chi connectivity index (χ0n) is 10.1. The molecule has 6 heteroatoms. The lowest BCUT2D eigenvalue weighted by atomic mass is 10.1. The quantitative estimate of drug-likeness (QED) is 0.857. The third-order valence-electron chi connectivity index (χ3n) is 3.08. The van der Waals surface area contributed by atoms with Crippen molar-refractivity contribution in [2.75, 3.05) is 26.2 Å². The highest BCUT2D eigenvalue weighted by Gasteiger charge is 2.23. The predicted octanol–water partition coefficient (Wildman–Crippen LogP) is 1.44. The van der Waals surface area contributed by atoms with Crippen LogP contribution in [0.15, 0.2) is 15.9 Å². The molecule has 0 bridgehead atoms. The molecule has 0 aromatic carbocycles. The standard InChI is InChI=1S/C12H17BrN2O2S/c13-10-3-11(18-8-10)4-14-12(17)6-15-2-1-9(5-15)7-16/h3,8-9,16H,1-2,4-7H2,(H,14,17). The number of aliphatic hydroxyl groups excluding tert-OH is 1. The molecule has 1 aromatic rings. The Morgan fingerprint density at radius 2 is 2.50 bits per heavy atom.